The molecule has 0 unspecified atom stereocenters. The molecule has 1 aromatic heterocycles. The predicted octanol–water partition coefficient (Wildman–Crippen LogP) is 0.374. The van der Waals surface area contributed by atoms with Crippen molar-refractivity contribution in [2.75, 3.05) is 0 Å². The van der Waals surface area contributed by atoms with E-state index in [0.717, 1.165) is 0 Å². The van der Waals surface area contributed by atoms with Crippen LogP contribution in [0.5, 0.6) is 0 Å². The Hall–Kier alpha value is -1.59. The van der Waals surface area contributed by atoms with Crippen molar-refractivity contribution in [3.05, 3.63) is 21.5 Å². The van der Waals surface area contributed by atoms with Gasteiger partial charge in [-0.2, -0.15) is 0 Å². The SMILES string of the molecule is Cc1c(N=O)c(C)[n+]([O-])n1O. The maximum Gasteiger partial charge on any atom is 0.251 e. The van der Waals surface area contributed by atoms with Crippen LogP contribution < -0.4 is 4.85 Å². The molecule has 0 bridgehead atoms. The van der Waals surface area contributed by atoms with Crippen molar-refractivity contribution in [1.29, 1.82) is 0 Å². The molecule has 0 aliphatic carbocycles. The molecule has 1 aromatic rings. The number of hydrogen-bond acceptors (Lipinski definition) is 4. The minimum absolute atomic E-state index is 0.0116. The van der Waals surface area contributed by atoms with Crippen LogP contribution in [0, 0.1) is 24.0 Å². The van der Waals surface area contributed by atoms with E-state index in [9.17, 15) is 10.1 Å². The lowest BCUT2D eigenvalue weighted by Crippen LogP contribution is -2.38. The van der Waals surface area contributed by atoms with Crippen LogP contribution in [0.25, 0.3) is 0 Å². The summed E-state index contributed by atoms with van der Waals surface area (Å²) < 4.78 is 0. The van der Waals surface area contributed by atoms with Crippen LogP contribution in [0.3, 0.4) is 0 Å². The van der Waals surface area contributed by atoms with Gasteiger partial charge in [0.1, 0.15) is 0 Å². The summed E-state index contributed by atoms with van der Waals surface area (Å²) in [5.41, 5.74) is 0.231. The number of aromatic nitrogens is 2. The molecular weight excluding hydrogens is 150 g/mol. The third-order valence-corrected chi connectivity index (χ3v) is 1.54. The summed E-state index contributed by atoms with van der Waals surface area (Å²) >= 11 is 0. The minimum atomic E-state index is -0.0116. The van der Waals surface area contributed by atoms with Crippen LogP contribution in [-0.4, -0.2) is 10.1 Å². The highest BCUT2D eigenvalue weighted by Crippen LogP contribution is 2.19. The molecule has 0 fully saturated rings. The predicted molar refractivity (Wildman–Crippen MR) is 35.5 cm³/mol. The Morgan fingerprint density at radius 2 is 2.18 bits per heavy atom. The van der Waals surface area contributed by atoms with E-state index < -0.39 is 0 Å². The summed E-state index contributed by atoms with van der Waals surface area (Å²) in [6.45, 7) is 2.83. The largest absolute Gasteiger partial charge is 0.593 e. The van der Waals surface area contributed by atoms with Crippen molar-refractivity contribution in [1.82, 2.24) is 4.85 Å². The highest BCUT2D eigenvalue weighted by molar-refractivity contribution is 5.42. The first-order valence-electron chi connectivity index (χ1n) is 2.94. The molecule has 0 amide bonds. The van der Waals surface area contributed by atoms with Gasteiger partial charge < -0.3 is 10.4 Å². The van der Waals surface area contributed by atoms with E-state index in [4.69, 9.17) is 5.21 Å². The molecule has 1 rings (SSSR count). The van der Waals surface area contributed by atoms with Gasteiger partial charge in [-0.15, -0.1) is 4.91 Å². The average Bonchev–Trinajstić information content (AvgIpc) is 2.17. The quantitative estimate of drug-likeness (QED) is 0.277. The Morgan fingerprint density at radius 1 is 1.64 bits per heavy atom. The third-order valence-electron chi connectivity index (χ3n) is 1.54. The fourth-order valence-electron chi connectivity index (χ4n) is 0.858. The minimum Gasteiger partial charge on any atom is -0.593 e. The van der Waals surface area contributed by atoms with E-state index in [0.29, 0.717) is 4.85 Å². The molecule has 11 heavy (non-hydrogen) atoms. The molecule has 0 spiro atoms. The molecule has 1 heterocycles. The Bertz CT molecular complexity index is 279. The second kappa shape index (κ2) is 2.22. The van der Waals surface area contributed by atoms with E-state index in [1.54, 1.807) is 0 Å². The maximum atomic E-state index is 10.8. The zero-order valence-corrected chi connectivity index (χ0v) is 6.11. The van der Waals surface area contributed by atoms with Gasteiger partial charge in [0.2, 0.25) is 5.69 Å². The van der Waals surface area contributed by atoms with Gasteiger partial charge in [0, 0.05) is 11.8 Å². The molecule has 6 nitrogen and oxygen atoms in total. The zero-order chi connectivity index (χ0) is 8.59. The van der Waals surface area contributed by atoms with Crippen LogP contribution in [0.2, 0.25) is 0 Å². The van der Waals surface area contributed by atoms with E-state index in [1.165, 1.54) is 13.8 Å². The van der Waals surface area contributed by atoms with Gasteiger partial charge in [-0.05, 0) is 16.9 Å². The Kier molecular flexibility index (Phi) is 1.52. The molecule has 0 atom stereocenters. The molecule has 60 valence electrons. The van der Waals surface area contributed by atoms with Crippen LogP contribution in [0.15, 0.2) is 5.18 Å². The number of nitrogens with zero attached hydrogens (tertiary/aromatic N) is 3. The molecule has 0 aliphatic heterocycles. The molecular formula is C5H7N3O3. The van der Waals surface area contributed by atoms with Crippen LogP contribution in [0.1, 0.15) is 11.4 Å². The fourth-order valence-corrected chi connectivity index (χ4v) is 0.858. The Morgan fingerprint density at radius 3 is 2.36 bits per heavy atom. The van der Waals surface area contributed by atoms with Crippen LogP contribution >= 0.6 is 0 Å². The standard InChI is InChI=1S/C5H7N3O3/c1-3-5(6-9)4(2)8(11)7(3)10/h10H,1-2H3. The smallest absolute Gasteiger partial charge is 0.251 e. The van der Waals surface area contributed by atoms with E-state index in [-0.39, 0.29) is 21.9 Å². The summed E-state index contributed by atoms with van der Waals surface area (Å²) in [7, 11) is 0. The molecule has 0 saturated carbocycles. The topological polar surface area (TPSA) is 81.5 Å². The summed E-state index contributed by atoms with van der Waals surface area (Å²) in [6, 6.07) is 0. The summed E-state index contributed by atoms with van der Waals surface area (Å²) in [6.07, 6.45) is 0. The van der Waals surface area contributed by atoms with Crippen molar-refractivity contribution in [2.45, 2.75) is 13.8 Å². The van der Waals surface area contributed by atoms with Crippen molar-refractivity contribution in [3.8, 4) is 0 Å². The third kappa shape index (κ3) is 0.830. The lowest BCUT2D eigenvalue weighted by atomic mass is 10.3. The lowest BCUT2D eigenvalue weighted by Gasteiger charge is -1.93. The van der Waals surface area contributed by atoms with Crippen molar-refractivity contribution in [3.63, 3.8) is 0 Å². The second-order valence-corrected chi connectivity index (χ2v) is 2.17. The Labute approximate surface area is 62.2 Å². The molecule has 0 aromatic carbocycles. The summed E-state index contributed by atoms with van der Waals surface area (Å²) in [5.74, 6) is 0. The highest BCUT2D eigenvalue weighted by atomic mass is 16.6. The van der Waals surface area contributed by atoms with Crippen molar-refractivity contribution < 1.29 is 10.1 Å². The average molecular weight is 157 g/mol. The van der Waals surface area contributed by atoms with E-state index in [1.807, 2.05) is 0 Å². The first-order chi connectivity index (χ1) is 5.09. The van der Waals surface area contributed by atoms with Crippen molar-refractivity contribution in [2.24, 2.45) is 5.18 Å². The van der Waals surface area contributed by atoms with Crippen LogP contribution in [0.4, 0.5) is 5.69 Å². The first-order valence-corrected chi connectivity index (χ1v) is 2.94. The summed E-state index contributed by atoms with van der Waals surface area (Å²) in [5, 5.41) is 22.3. The van der Waals surface area contributed by atoms with Crippen molar-refractivity contribution >= 4 is 5.69 Å². The molecule has 0 aliphatic rings. The zero-order valence-electron chi connectivity index (χ0n) is 6.11. The molecule has 1 N–H and O–H groups in total. The van der Waals surface area contributed by atoms with Gasteiger partial charge in [-0.25, -0.2) is 0 Å². The van der Waals surface area contributed by atoms with Gasteiger partial charge in [-0.1, -0.05) is 0 Å². The number of rotatable bonds is 1. The first kappa shape index (κ1) is 7.52. The van der Waals surface area contributed by atoms with Gasteiger partial charge in [0.15, 0.2) is 5.69 Å². The van der Waals surface area contributed by atoms with E-state index in [2.05, 4.69) is 5.18 Å². The highest BCUT2D eigenvalue weighted by Gasteiger charge is 2.21. The normalized spacial score (nSPS) is 10.0. The van der Waals surface area contributed by atoms with Crippen LogP contribution in [-0.2, 0) is 0 Å². The molecule has 6 heteroatoms. The van der Waals surface area contributed by atoms with Gasteiger partial charge in [0.05, 0.1) is 0 Å². The second-order valence-electron chi connectivity index (χ2n) is 2.17. The lowest BCUT2D eigenvalue weighted by molar-refractivity contribution is -0.730. The molecule has 0 radical (unpaired) electrons. The number of hydrogen-bond donors (Lipinski definition) is 1. The Balaban J connectivity index is 3.47. The van der Waals surface area contributed by atoms with E-state index >= 15 is 0 Å². The van der Waals surface area contributed by atoms with Gasteiger partial charge >= 0.3 is 0 Å². The van der Waals surface area contributed by atoms with Gasteiger partial charge in [0.25, 0.3) is 5.69 Å². The fraction of sp³-hybridized carbons (Fsp3) is 0.400. The monoisotopic (exact) mass is 157 g/mol. The number of nitroso groups, excluding NO2 is 1. The van der Waals surface area contributed by atoms with Gasteiger partial charge in [-0.3, -0.25) is 0 Å². The maximum absolute atomic E-state index is 10.8. The summed E-state index contributed by atoms with van der Waals surface area (Å²) in [4.78, 5) is 10.6. The molecule has 0 saturated heterocycles.